The summed E-state index contributed by atoms with van der Waals surface area (Å²) >= 11 is 6.34. The van der Waals surface area contributed by atoms with Crippen LogP contribution in [-0.4, -0.2) is 55.7 Å². The van der Waals surface area contributed by atoms with E-state index in [0.29, 0.717) is 36.0 Å². The Morgan fingerprint density at radius 1 is 0.825 bits per heavy atom. The van der Waals surface area contributed by atoms with Crippen molar-refractivity contribution in [2.45, 2.75) is 80.6 Å². The number of aromatic nitrogens is 4. The van der Waals surface area contributed by atoms with E-state index in [4.69, 9.17) is 21.1 Å². The van der Waals surface area contributed by atoms with Crippen LogP contribution in [0.2, 0.25) is 5.02 Å². The number of esters is 1. The number of hydrogen-bond donors (Lipinski definition) is 3. The number of sulfone groups is 1. The monoisotopic (exact) mass is 819 g/mol. The summed E-state index contributed by atoms with van der Waals surface area (Å²) in [5, 5.41) is 24.0. The van der Waals surface area contributed by atoms with Crippen molar-refractivity contribution < 1.29 is 37.0 Å². The molecule has 17 heteroatoms. The molecule has 3 N–H and O–H groups in total. The van der Waals surface area contributed by atoms with Crippen molar-refractivity contribution >= 4 is 56.5 Å². The summed E-state index contributed by atoms with van der Waals surface area (Å²) in [6.45, 7) is 0.612. The molecule has 0 bridgehead atoms. The highest BCUT2D eigenvalue weighted by molar-refractivity contribution is 7.91. The highest BCUT2D eigenvalue weighted by atomic mass is 35.5. The molecule has 3 aromatic carbocycles. The zero-order valence-corrected chi connectivity index (χ0v) is 33.2. The van der Waals surface area contributed by atoms with Crippen LogP contribution in [0.25, 0.3) is 0 Å². The number of hydrogen-bond acceptors (Lipinski definition) is 13. The van der Waals surface area contributed by atoms with Crippen LogP contribution in [0.4, 0.5) is 23.1 Å². The van der Waals surface area contributed by atoms with Crippen molar-refractivity contribution in [3.63, 3.8) is 0 Å². The van der Waals surface area contributed by atoms with E-state index >= 15 is 0 Å². The van der Waals surface area contributed by atoms with Gasteiger partial charge in [0.2, 0.25) is 5.95 Å². The van der Waals surface area contributed by atoms with Gasteiger partial charge in [0.15, 0.2) is 5.82 Å². The maximum atomic E-state index is 12.8. The van der Waals surface area contributed by atoms with E-state index in [1.54, 1.807) is 49.5 Å². The minimum absolute atomic E-state index is 0.0437. The van der Waals surface area contributed by atoms with Gasteiger partial charge in [-0.15, -0.1) is 0 Å². The fraction of sp³-hybridized carbons (Fsp3) is 0.350. The lowest BCUT2D eigenvalue weighted by Gasteiger charge is -2.13. The number of nitrogens with zero attached hydrogens (tertiary/aromatic N) is 4. The van der Waals surface area contributed by atoms with Gasteiger partial charge in [0, 0.05) is 12.7 Å². The van der Waals surface area contributed by atoms with Crippen LogP contribution in [0, 0.1) is 5.21 Å². The first-order valence-corrected chi connectivity index (χ1v) is 20.7. The molecule has 0 unspecified atom stereocenters. The summed E-state index contributed by atoms with van der Waals surface area (Å²) in [6, 6.07) is 21.9. The van der Waals surface area contributed by atoms with Gasteiger partial charge in [-0.1, -0.05) is 105 Å². The molecule has 302 valence electrons. The molecular formula is C40H46ClN7O8S. The van der Waals surface area contributed by atoms with E-state index < -0.39 is 14.9 Å². The number of nitrogens with one attached hydrogen (secondary N) is 3. The first-order valence-electron chi connectivity index (χ1n) is 18.8. The maximum Gasteiger partial charge on any atom is 0.414 e. The van der Waals surface area contributed by atoms with E-state index in [-0.39, 0.29) is 45.6 Å². The van der Waals surface area contributed by atoms with E-state index in [9.17, 15) is 23.2 Å². The molecule has 2 heterocycles. The second kappa shape index (κ2) is 21.5. The van der Waals surface area contributed by atoms with Crippen molar-refractivity contribution in [2.24, 2.45) is 0 Å². The zero-order chi connectivity index (χ0) is 40.5. The van der Waals surface area contributed by atoms with Gasteiger partial charge in [0.05, 0.1) is 47.1 Å². The van der Waals surface area contributed by atoms with Crippen LogP contribution in [-0.2, 0) is 25.8 Å². The van der Waals surface area contributed by atoms with Gasteiger partial charge in [-0.2, -0.15) is 4.98 Å². The summed E-state index contributed by atoms with van der Waals surface area (Å²) in [5.74, 6) is -0.216. The molecule has 5 rings (SSSR count). The molecule has 0 atom stereocenters. The number of unbranched alkanes of at least 4 members (excludes halogenated alkanes) is 9. The predicted octanol–water partition coefficient (Wildman–Crippen LogP) is 7.50. The largest absolute Gasteiger partial charge is 0.465 e. The Bertz CT molecular complexity index is 2170. The second-order valence-corrected chi connectivity index (χ2v) is 15.4. The number of halogens is 1. The van der Waals surface area contributed by atoms with Gasteiger partial charge >= 0.3 is 16.9 Å². The number of ether oxygens (including phenoxy) is 2. The number of anilines is 4. The molecule has 0 aliphatic carbocycles. The molecule has 5 aromatic rings. The average Bonchev–Trinajstić information content (AvgIpc) is 3.60. The van der Waals surface area contributed by atoms with E-state index in [2.05, 4.69) is 35.7 Å². The SMILES string of the molecule is CNC(=O)c1ccccc1Nc1nc(Nc2ccc(CC(=O)OCCCCCCCCCCCCOc3no[n+]([O-])c3S(=O)(=O)c3ccccc3)cc2)ncc1Cl. The van der Waals surface area contributed by atoms with Gasteiger partial charge in [-0.3, -0.25) is 14.2 Å². The smallest absolute Gasteiger partial charge is 0.414 e. The summed E-state index contributed by atoms with van der Waals surface area (Å²) < 4.78 is 41.1. The number of rotatable bonds is 23. The Labute approximate surface area is 336 Å². The number of benzene rings is 3. The van der Waals surface area contributed by atoms with Crippen LogP contribution < -0.4 is 25.6 Å². The van der Waals surface area contributed by atoms with E-state index in [0.717, 1.165) is 69.0 Å². The molecule has 0 radical (unpaired) electrons. The third-order valence-corrected chi connectivity index (χ3v) is 10.9. The van der Waals surface area contributed by atoms with Crippen LogP contribution in [0.3, 0.4) is 0 Å². The lowest BCUT2D eigenvalue weighted by Crippen LogP contribution is -2.30. The Morgan fingerprint density at radius 2 is 1.46 bits per heavy atom. The summed E-state index contributed by atoms with van der Waals surface area (Å²) in [6.07, 6.45) is 11.6. The van der Waals surface area contributed by atoms with Gasteiger partial charge in [0.1, 0.15) is 5.02 Å². The molecular weight excluding hydrogens is 774 g/mol. The van der Waals surface area contributed by atoms with Crippen LogP contribution in [0.1, 0.15) is 80.1 Å². The van der Waals surface area contributed by atoms with Crippen molar-refractivity contribution in [1.82, 2.24) is 20.4 Å². The Morgan fingerprint density at radius 3 is 2.14 bits per heavy atom. The van der Waals surface area contributed by atoms with Gasteiger partial charge < -0.3 is 30.6 Å². The molecule has 0 aliphatic rings. The Kier molecular flexibility index (Phi) is 16.0. The highest BCUT2D eigenvalue weighted by Crippen LogP contribution is 2.28. The second-order valence-electron chi connectivity index (χ2n) is 13.1. The molecule has 57 heavy (non-hydrogen) atoms. The van der Waals surface area contributed by atoms with Crippen LogP contribution >= 0.6 is 11.6 Å². The number of amides is 1. The average molecular weight is 820 g/mol. The minimum atomic E-state index is -4.13. The fourth-order valence-corrected chi connectivity index (χ4v) is 7.27. The zero-order valence-electron chi connectivity index (χ0n) is 31.6. The van der Waals surface area contributed by atoms with Crippen LogP contribution in [0.15, 0.2) is 99.6 Å². The molecule has 0 saturated heterocycles. The third kappa shape index (κ3) is 12.6. The molecule has 1 amide bonds. The summed E-state index contributed by atoms with van der Waals surface area (Å²) in [5.41, 5.74) is 2.53. The first kappa shape index (κ1) is 42.4. The minimum Gasteiger partial charge on any atom is -0.465 e. The molecule has 0 aliphatic heterocycles. The van der Waals surface area contributed by atoms with Crippen molar-refractivity contribution in [1.29, 1.82) is 0 Å². The van der Waals surface area contributed by atoms with Crippen molar-refractivity contribution in [2.75, 3.05) is 30.9 Å². The molecule has 0 saturated carbocycles. The Hall–Kier alpha value is -5.74. The number of para-hydroxylation sites is 1. The van der Waals surface area contributed by atoms with Gasteiger partial charge in [0.25, 0.3) is 15.7 Å². The lowest BCUT2D eigenvalue weighted by molar-refractivity contribution is -0.832. The maximum absolute atomic E-state index is 12.8. The quantitative estimate of drug-likeness (QED) is 0.0333. The van der Waals surface area contributed by atoms with Gasteiger partial charge in [-0.25, -0.2) is 13.4 Å². The third-order valence-electron chi connectivity index (χ3n) is 8.85. The van der Waals surface area contributed by atoms with Gasteiger partial charge in [-0.05, 0) is 59.7 Å². The molecule has 0 fully saturated rings. The highest BCUT2D eigenvalue weighted by Gasteiger charge is 2.35. The number of carbonyl (C=O) groups excluding carboxylic acids is 2. The van der Waals surface area contributed by atoms with Crippen LogP contribution in [0.5, 0.6) is 5.88 Å². The lowest BCUT2D eigenvalue weighted by atomic mass is 10.1. The number of carbonyl (C=O) groups is 2. The molecule has 0 spiro atoms. The normalized spacial score (nSPS) is 11.2. The predicted molar refractivity (Wildman–Crippen MR) is 214 cm³/mol. The first-order chi connectivity index (χ1) is 27.7. The standard InChI is InChI=1S/C40H46ClN7O8S/c1-42-37(50)32-19-13-14-20-34(32)45-36-33(41)28-43-40(46-36)44-30-23-21-29(22-24-30)27-35(49)54-25-15-8-6-4-2-3-5-7-9-16-26-55-38-39(48(51)56-47-38)57(52,53)31-17-11-10-12-18-31/h10-14,17-24,28H,2-9,15-16,25-27H2,1H3,(H,42,50)(H2,43,44,45,46). The van der Waals surface area contributed by atoms with E-state index in [1.165, 1.54) is 18.3 Å². The fourth-order valence-electron chi connectivity index (χ4n) is 5.83. The topological polar surface area (TPSA) is 202 Å². The van der Waals surface area contributed by atoms with Crippen molar-refractivity contribution in [3.05, 3.63) is 106 Å². The molecule has 2 aromatic heterocycles. The van der Waals surface area contributed by atoms with E-state index in [1.807, 2.05) is 24.3 Å². The van der Waals surface area contributed by atoms with Crippen molar-refractivity contribution in [3.8, 4) is 5.88 Å². The molecule has 15 nitrogen and oxygen atoms in total. The summed E-state index contributed by atoms with van der Waals surface area (Å²) in [7, 11) is -2.57. The Balaban J connectivity index is 0.893. The summed E-state index contributed by atoms with van der Waals surface area (Å²) in [4.78, 5) is 33.2.